The maximum atomic E-state index is 11.5. The highest BCUT2D eigenvalue weighted by Crippen LogP contribution is 2.34. The van der Waals surface area contributed by atoms with Crippen LogP contribution in [0.2, 0.25) is 5.02 Å². The predicted octanol–water partition coefficient (Wildman–Crippen LogP) is 2.67. The first-order valence-corrected chi connectivity index (χ1v) is 9.19. The van der Waals surface area contributed by atoms with Crippen molar-refractivity contribution in [2.75, 3.05) is 6.26 Å². The van der Waals surface area contributed by atoms with Crippen LogP contribution in [0.25, 0.3) is 0 Å². The van der Waals surface area contributed by atoms with Crippen LogP contribution >= 0.6 is 11.6 Å². The Hall–Kier alpha value is -1.40. The summed E-state index contributed by atoms with van der Waals surface area (Å²) in [4.78, 5) is 22.8. The zero-order valence-electron chi connectivity index (χ0n) is 12.1. The molecule has 1 fully saturated rings. The van der Waals surface area contributed by atoms with E-state index in [9.17, 15) is 23.1 Å². The normalized spacial score (nSPS) is 20.1. The van der Waals surface area contributed by atoms with E-state index in [1.807, 2.05) is 0 Å². The highest BCUT2D eigenvalue weighted by Gasteiger charge is 2.30. The number of carboxylic acid groups (broad SMARTS) is 1. The fourth-order valence-corrected chi connectivity index (χ4v) is 4.18. The van der Waals surface area contributed by atoms with Crippen LogP contribution in [0.5, 0.6) is 0 Å². The van der Waals surface area contributed by atoms with E-state index in [2.05, 4.69) is 0 Å². The molecule has 5 nitrogen and oxygen atoms in total. The maximum absolute atomic E-state index is 11.5. The van der Waals surface area contributed by atoms with Crippen molar-refractivity contribution in [3.8, 4) is 0 Å². The van der Waals surface area contributed by atoms with Gasteiger partial charge in [-0.3, -0.25) is 9.59 Å². The number of benzene rings is 1. The summed E-state index contributed by atoms with van der Waals surface area (Å²) in [5, 5.41) is 9.45. The quantitative estimate of drug-likeness (QED) is 0.887. The van der Waals surface area contributed by atoms with Gasteiger partial charge in [0.1, 0.15) is 5.78 Å². The molecule has 1 N–H and O–H groups in total. The fraction of sp³-hybridized carbons (Fsp3) is 0.467. The molecule has 0 heterocycles. The third-order valence-corrected chi connectivity index (χ3v) is 5.55. The summed E-state index contributed by atoms with van der Waals surface area (Å²) in [7, 11) is -3.45. The number of carboxylic acids is 1. The van der Waals surface area contributed by atoms with E-state index in [1.54, 1.807) is 0 Å². The second-order valence-corrected chi connectivity index (χ2v) is 8.13. The number of halogens is 1. The highest BCUT2D eigenvalue weighted by molar-refractivity contribution is 7.90. The predicted molar refractivity (Wildman–Crippen MR) is 81.9 cm³/mol. The van der Waals surface area contributed by atoms with Gasteiger partial charge in [0.25, 0.3) is 0 Å². The van der Waals surface area contributed by atoms with Gasteiger partial charge in [0.15, 0.2) is 9.84 Å². The zero-order chi connectivity index (χ0) is 16.5. The van der Waals surface area contributed by atoms with Gasteiger partial charge in [-0.1, -0.05) is 17.7 Å². The molecule has 0 radical (unpaired) electrons. The molecule has 0 amide bonds. The molecule has 2 rings (SSSR count). The van der Waals surface area contributed by atoms with Crippen LogP contribution in [-0.2, 0) is 19.4 Å². The van der Waals surface area contributed by atoms with Gasteiger partial charge in [-0.15, -0.1) is 0 Å². The number of Topliss-reactive ketones (excluding diaryl/α,β-unsaturated/α-hetero) is 1. The molecule has 0 bridgehead atoms. The number of ketones is 1. The van der Waals surface area contributed by atoms with Crippen molar-refractivity contribution < 1.29 is 23.1 Å². The first-order chi connectivity index (χ1) is 10.2. The molecule has 1 aromatic rings. The van der Waals surface area contributed by atoms with Crippen LogP contribution in [-0.4, -0.2) is 31.5 Å². The Morgan fingerprint density at radius 2 is 2.14 bits per heavy atom. The summed E-state index contributed by atoms with van der Waals surface area (Å²) >= 11 is 5.98. The van der Waals surface area contributed by atoms with E-state index >= 15 is 0 Å². The number of hydrogen-bond donors (Lipinski definition) is 1. The van der Waals surface area contributed by atoms with Crippen LogP contribution in [0.3, 0.4) is 0 Å². The Morgan fingerprint density at radius 1 is 1.45 bits per heavy atom. The van der Waals surface area contributed by atoms with Crippen molar-refractivity contribution in [2.24, 2.45) is 5.92 Å². The SMILES string of the molecule is CS(=O)(=O)c1ccc([C@@H](C[C@H]2CCC(=O)C2)C(=O)O)cc1Cl. The van der Waals surface area contributed by atoms with E-state index in [1.165, 1.54) is 18.2 Å². The lowest BCUT2D eigenvalue weighted by atomic mass is 9.88. The van der Waals surface area contributed by atoms with Gasteiger partial charge in [0.05, 0.1) is 15.8 Å². The van der Waals surface area contributed by atoms with Gasteiger partial charge in [0, 0.05) is 19.1 Å². The molecular weight excluding hydrogens is 328 g/mol. The number of aliphatic carboxylic acids is 1. The van der Waals surface area contributed by atoms with Gasteiger partial charge in [-0.25, -0.2) is 8.42 Å². The molecule has 120 valence electrons. The van der Waals surface area contributed by atoms with Crippen molar-refractivity contribution in [1.29, 1.82) is 0 Å². The van der Waals surface area contributed by atoms with Crippen LogP contribution < -0.4 is 0 Å². The topological polar surface area (TPSA) is 88.5 Å². The molecule has 2 atom stereocenters. The molecule has 1 aromatic carbocycles. The lowest BCUT2D eigenvalue weighted by Crippen LogP contribution is -2.15. The van der Waals surface area contributed by atoms with E-state index in [4.69, 9.17) is 11.6 Å². The summed E-state index contributed by atoms with van der Waals surface area (Å²) in [6.45, 7) is 0. The first-order valence-electron chi connectivity index (χ1n) is 6.92. The summed E-state index contributed by atoms with van der Waals surface area (Å²) in [6.07, 6.45) is 3.03. The smallest absolute Gasteiger partial charge is 0.310 e. The minimum atomic E-state index is -3.45. The van der Waals surface area contributed by atoms with Crippen molar-refractivity contribution in [2.45, 2.75) is 36.5 Å². The molecule has 0 aliphatic heterocycles. The van der Waals surface area contributed by atoms with Crippen LogP contribution in [0.4, 0.5) is 0 Å². The van der Waals surface area contributed by atoms with Crippen LogP contribution in [0.15, 0.2) is 23.1 Å². The van der Waals surface area contributed by atoms with E-state index < -0.39 is 21.7 Å². The van der Waals surface area contributed by atoms with Crippen molar-refractivity contribution in [3.63, 3.8) is 0 Å². The Balaban J connectivity index is 2.27. The number of carbonyl (C=O) groups is 2. The Bertz CT molecular complexity index is 711. The number of carbonyl (C=O) groups excluding carboxylic acids is 1. The molecule has 1 saturated carbocycles. The minimum Gasteiger partial charge on any atom is -0.481 e. The van der Waals surface area contributed by atoms with Crippen LogP contribution in [0.1, 0.15) is 37.2 Å². The van der Waals surface area contributed by atoms with Gasteiger partial charge in [-0.05, 0) is 36.5 Å². The van der Waals surface area contributed by atoms with E-state index in [0.717, 1.165) is 6.26 Å². The zero-order valence-corrected chi connectivity index (χ0v) is 13.7. The van der Waals surface area contributed by atoms with Gasteiger partial charge >= 0.3 is 5.97 Å². The Morgan fingerprint density at radius 3 is 2.59 bits per heavy atom. The second kappa shape index (κ2) is 6.38. The third kappa shape index (κ3) is 3.87. The maximum Gasteiger partial charge on any atom is 0.310 e. The molecule has 0 saturated heterocycles. The summed E-state index contributed by atoms with van der Waals surface area (Å²) in [5.74, 6) is -1.56. The van der Waals surface area contributed by atoms with Crippen LogP contribution in [0, 0.1) is 5.92 Å². The average molecular weight is 345 g/mol. The van der Waals surface area contributed by atoms with Crippen molar-refractivity contribution in [1.82, 2.24) is 0 Å². The molecule has 0 unspecified atom stereocenters. The number of sulfone groups is 1. The summed E-state index contributed by atoms with van der Waals surface area (Å²) in [5.41, 5.74) is 0.462. The largest absolute Gasteiger partial charge is 0.481 e. The van der Waals surface area contributed by atoms with Gasteiger partial charge < -0.3 is 5.11 Å². The minimum absolute atomic E-state index is 0.0156. The lowest BCUT2D eigenvalue weighted by molar-refractivity contribution is -0.139. The molecule has 0 spiro atoms. The second-order valence-electron chi connectivity index (χ2n) is 5.74. The van der Waals surface area contributed by atoms with E-state index in [-0.39, 0.29) is 21.6 Å². The fourth-order valence-electron chi connectivity index (χ4n) is 2.84. The monoisotopic (exact) mass is 344 g/mol. The summed E-state index contributed by atoms with van der Waals surface area (Å²) in [6, 6.07) is 4.22. The van der Waals surface area contributed by atoms with E-state index in [0.29, 0.717) is 31.2 Å². The molecule has 0 aromatic heterocycles. The lowest BCUT2D eigenvalue weighted by Gasteiger charge is -2.17. The molecule has 1 aliphatic carbocycles. The van der Waals surface area contributed by atoms with Crippen molar-refractivity contribution >= 4 is 33.2 Å². The van der Waals surface area contributed by atoms with Crippen molar-refractivity contribution in [3.05, 3.63) is 28.8 Å². The Labute approximate surface area is 134 Å². The molecule has 1 aliphatic rings. The van der Waals surface area contributed by atoms with Gasteiger partial charge in [0.2, 0.25) is 0 Å². The third-order valence-electron chi connectivity index (χ3n) is 3.97. The standard InChI is InChI=1S/C15H17ClO5S/c1-22(20,21)14-5-3-10(8-13(14)16)12(15(18)19)7-9-2-4-11(17)6-9/h3,5,8-9,12H,2,4,6-7H2,1H3,(H,18,19)/t9-,12+/m0/s1. The Kier molecular flexibility index (Phi) is 4.92. The first kappa shape index (κ1) is 17.0. The number of rotatable bonds is 5. The summed E-state index contributed by atoms with van der Waals surface area (Å²) < 4.78 is 23.1. The number of hydrogen-bond acceptors (Lipinski definition) is 4. The van der Waals surface area contributed by atoms with Gasteiger partial charge in [-0.2, -0.15) is 0 Å². The molecule has 22 heavy (non-hydrogen) atoms. The highest BCUT2D eigenvalue weighted by atomic mass is 35.5. The molecular formula is C15H17ClO5S. The molecule has 7 heteroatoms. The average Bonchev–Trinajstić information content (AvgIpc) is 2.79.